The number of methoxy groups -OCH3 is 1. The first-order valence-corrected chi connectivity index (χ1v) is 9.14. The summed E-state index contributed by atoms with van der Waals surface area (Å²) in [5.74, 6) is 0.834. The van der Waals surface area contributed by atoms with Crippen LogP contribution in [0.4, 0.5) is 0 Å². The molecule has 3 heterocycles. The van der Waals surface area contributed by atoms with E-state index in [1.54, 1.807) is 13.3 Å². The standard InChI is InChI=1S/C19H26N4O3/c1-25-16-3-4-17(23-6-2-5-20-23)15(11-16)12-21-13-18(19(24)14-21)22-7-9-26-10-8-22/h2-6,11,18-19,24H,7-10,12-14H2,1H3/t18-,19-/m1/s1. The lowest BCUT2D eigenvalue weighted by Gasteiger charge is -2.33. The van der Waals surface area contributed by atoms with Gasteiger partial charge in [0.15, 0.2) is 0 Å². The lowest BCUT2D eigenvalue weighted by molar-refractivity contribution is -0.00618. The van der Waals surface area contributed by atoms with Crippen LogP contribution in [0.1, 0.15) is 5.56 Å². The number of hydrogen-bond donors (Lipinski definition) is 1. The molecule has 0 saturated carbocycles. The Morgan fingerprint density at radius 3 is 2.85 bits per heavy atom. The number of aliphatic hydroxyl groups excluding tert-OH is 1. The lowest BCUT2D eigenvalue weighted by Crippen LogP contribution is -2.48. The molecular weight excluding hydrogens is 332 g/mol. The number of morpholine rings is 1. The zero-order valence-corrected chi connectivity index (χ0v) is 15.1. The van der Waals surface area contributed by atoms with Gasteiger partial charge in [0, 0.05) is 51.2 Å². The molecule has 1 aromatic heterocycles. The summed E-state index contributed by atoms with van der Waals surface area (Å²) in [5, 5.41) is 14.9. The van der Waals surface area contributed by atoms with Crippen LogP contribution in [0.3, 0.4) is 0 Å². The van der Waals surface area contributed by atoms with Gasteiger partial charge < -0.3 is 14.6 Å². The molecule has 2 fully saturated rings. The first kappa shape index (κ1) is 17.5. The van der Waals surface area contributed by atoms with E-state index in [1.165, 1.54) is 0 Å². The van der Waals surface area contributed by atoms with Gasteiger partial charge in [-0.05, 0) is 29.8 Å². The molecule has 26 heavy (non-hydrogen) atoms. The fourth-order valence-corrected chi connectivity index (χ4v) is 3.94. The molecule has 0 bridgehead atoms. The van der Waals surface area contributed by atoms with E-state index < -0.39 is 0 Å². The van der Waals surface area contributed by atoms with E-state index in [-0.39, 0.29) is 12.1 Å². The van der Waals surface area contributed by atoms with Crippen molar-refractivity contribution in [2.45, 2.75) is 18.7 Å². The van der Waals surface area contributed by atoms with Crippen molar-refractivity contribution in [3.63, 3.8) is 0 Å². The Bertz CT molecular complexity index is 716. The van der Waals surface area contributed by atoms with E-state index in [9.17, 15) is 5.11 Å². The van der Waals surface area contributed by atoms with Gasteiger partial charge in [0.1, 0.15) is 5.75 Å². The van der Waals surface area contributed by atoms with Gasteiger partial charge >= 0.3 is 0 Å². The fourth-order valence-electron chi connectivity index (χ4n) is 3.94. The average molecular weight is 358 g/mol. The maximum atomic E-state index is 10.6. The average Bonchev–Trinajstić information content (AvgIpc) is 3.32. The summed E-state index contributed by atoms with van der Waals surface area (Å²) in [5.41, 5.74) is 2.18. The molecule has 0 aliphatic carbocycles. The van der Waals surface area contributed by atoms with Gasteiger partial charge in [-0.1, -0.05) is 0 Å². The van der Waals surface area contributed by atoms with Crippen LogP contribution in [0.5, 0.6) is 5.75 Å². The van der Waals surface area contributed by atoms with Crippen LogP contribution in [-0.2, 0) is 11.3 Å². The third-order valence-electron chi connectivity index (χ3n) is 5.28. The second-order valence-electron chi connectivity index (χ2n) is 6.92. The molecule has 140 valence electrons. The normalized spacial score (nSPS) is 24.8. The Kier molecular flexibility index (Phi) is 5.21. The van der Waals surface area contributed by atoms with Crippen molar-refractivity contribution >= 4 is 0 Å². The maximum absolute atomic E-state index is 10.6. The van der Waals surface area contributed by atoms with Crippen molar-refractivity contribution in [2.75, 3.05) is 46.5 Å². The smallest absolute Gasteiger partial charge is 0.119 e. The summed E-state index contributed by atoms with van der Waals surface area (Å²) in [6.45, 7) is 5.59. The number of hydrogen-bond acceptors (Lipinski definition) is 6. The van der Waals surface area contributed by atoms with E-state index in [4.69, 9.17) is 9.47 Å². The molecule has 0 spiro atoms. The Labute approximate surface area is 153 Å². The van der Waals surface area contributed by atoms with E-state index in [1.807, 2.05) is 29.1 Å². The number of ether oxygens (including phenoxy) is 2. The molecule has 2 aliphatic rings. The van der Waals surface area contributed by atoms with E-state index in [2.05, 4.69) is 21.0 Å². The summed E-state index contributed by atoms with van der Waals surface area (Å²) < 4.78 is 12.7. The molecule has 0 radical (unpaired) electrons. The van der Waals surface area contributed by atoms with Crippen LogP contribution < -0.4 is 4.74 Å². The molecule has 7 heteroatoms. The molecule has 0 amide bonds. The molecule has 2 aromatic rings. The van der Waals surface area contributed by atoms with Gasteiger partial charge in [-0.2, -0.15) is 5.10 Å². The van der Waals surface area contributed by atoms with Crippen LogP contribution in [-0.4, -0.2) is 83.3 Å². The molecule has 2 atom stereocenters. The second-order valence-corrected chi connectivity index (χ2v) is 6.92. The van der Waals surface area contributed by atoms with Gasteiger partial charge in [-0.15, -0.1) is 0 Å². The largest absolute Gasteiger partial charge is 0.497 e. The summed E-state index contributed by atoms with van der Waals surface area (Å²) in [6.07, 6.45) is 3.40. The predicted molar refractivity (Wildman–Crippen MR) is 97.6 cm³/mol. The SMILES string of the molecule is COc1ccc(-n2cccn2)c(CN2C[C@@H](O)[C@H](N3CCOCC3)C2)c1. The topological polar surface area (TPSA) is 63.0 Å². The lowest BCUT2D eigenvalue weighted by atomic mass is 10.1. The number of β-amino-alcohol motifs (C(OH)–C–C–N with tert-alkyl or cyclic N) is 1. The zero-order chi connectivity index (χ0) is 17.9. The Morgan fingerprint density at radius 2 is 2.12 bits per heavy atom. The van der Waals surface area contributed by atoms with Crippen LogP contribution >= 0.6 is 0 Å². The predicted octanol–water partition coefficient (Wildman–Crippen LogP) is 0.758. The number of likely N-dealkylation sites (tertiary alicyclic amines) is 1. The van der Waals surface area contributed by atoms with Crippen molar-refractivity contribution in [1.29, 1.82) is 0 Å². The molecule has 0 unspecified atom stereocenters. The van der Waals surface area contributed by atoms with E-state index in [0.29, 0.717) is 6.54 Å². The highest BCUT2D eigenvalue weighted by atomic mass is 16.5. The van der Waals surface area contributed by atoms with Crippen molar-refractivity contribution in [1.82, 2.24) is 19.6 Å². The van der Waals surface area contributed by atoms with E-state index in [0.717, 1.165) is 56.4 Å². The Hall–Kier alpha value is -1.93. The highest BCUT2D eigenvalue weighted by Crippen LogP contribution is 2.25. The molecule has 4 rings (SSSR count). The number of aliphatic hydroxyl groups is 1. The molecule has 1 N–H and O–H groups in total. The van der Waals surface area contributed by atoms with Gasteiger partial charge in [-0.25, -0.2) is 4.68 Å². The number of benzene rings is 1. The Morgan fingerprint density at radius 1 is 1.27 bits per heavy atom. The monoisotopic (exact) mass is 358 g/mol. The van der Waals surface area contributed by atoms with E-state index >= 15 is 0 Å². The minimum absolute atomic E-state index is 0.178. The fraction of sp³-hybridized carbons (Fsp3) is 0.526. The zero-order valence-electron chi connectivity index (χ0n) is 15.1. The maximum Gasteiger partial charge on any atom is 0.119 e. The van der Waals surface area contributed by atoms with Crippen molar-refractivity contribution in [2.24, 2.45) is 0 Å². The van der Waals surface area contributed by atoms with Gasteiger partial charge in [0.25, 0.3) is 0 Å². The Balaban J connectivity index is 1.51. The van der Waals surface area contributed by atoms with Crippen LogP contribution in [0.15, 0.2) is 36.7 Å². The molecule has 7 nitrogen and oxygen atoms in total. The summed E-state index contributed by atoms with van der Waals surface area (Å²) >= 11 is 0. The molecule has 2 aliphatic heterocycles. The van der Waals surface area contributed by atoms with Crippen molar-refractivity contribution in [3.05, 3.63) is 42.2 Å². The highest BCUT2D eigenvalue weighted by Gasteiger charge is 2.36. The first-order chi connectivity index (χ1) is 12.7. The van der Waals surface area contributed by atoms with Crippen molar-refractivity contribution in [3.8, 4) is 11.4 Å². The van der Waals surface area contributed by atoms with Gasteiger partial charge in [-0.3, -0.25) is 9.80 Å². The quantitative estimate of drug-likeness (QED) is 0.851. The van der Waals surface area contributed by atoms with Crippen LogP contribution in [0.25, 0.3) is 5.69 Å². The summed E-state index contributed by atoms with van der Waals surface area (Å²) in [6, 6.07) is 8.15. The third kappa shape index (κ3) is 3.61. The minimum Gasteiger partial charge on any atom is -0.497 e. The minimum atomic E-state index is -0.327. The third-order valence-corrected chi connectivity index (χ3v) is 5.28. The molecule has 2 saturated heterocycles. The second kappa shape index (κ2) is 7.75. The van der Waals surface area contributed by atoms with Gasteiger partial charge in [0.05, 0.1) is 32.1 Å². The molecule has 1 aromatic carbocycles. The summed E-state index contributed by atoms with van der Waals surface area (Å²) in [4.78, 5) is 4.67. The number of nitrogens with zero attached hydrogens (tertiary/aromatic N) is 4. The van der Waals surface area contributed by atoms with Gasteiger partial charge in [0.2, 0.25) is 0 Å². The number of aromatic nitrogens is 2. The highest BCUT2D eigenvalue weighted by molar-refractivity contribution is 5.45. The van der Waals surface area contributed by atoms with Crippen LogP contribution in [0.2, 0.25) is 0 Å². The van der Waals surface area contributed by atoms with Crippen molar-refractivity contribution < 1.29 is 14.6 Å². The number of rotatable bonds is 5. The molecular formula is C19H26N4O3. The first-order valence-electron chi connectivity index (χ1n) is 9.14. The summed E-state index contributed by atoms with van der Waals surface area (Å²) in [7, 11) is 1.68. The van der Waals surface area contributed by atoms with Crippen LogP contribution in [0, 0.1) is 0 Å².